The highest BCUT2D eigenvalue weighted by atomic mass is 16.1. The summed E-state index contributed by atoms with van der Waals surface area (Å²) >= 11 is 0. The van der Waals surface area contributed by atoms with Crippen molar-refractivity contribution in [3.8, 4) is 11.1 Å². The Morgan fingerprint density at radius 1 is 0.895 bits per heavy atom. The zero-order valence-corrected chi connectivity index (χ0v) is 11.6. The van der Waals surface area contributed by atoms with E-state index in [1.807, 2.05) is 42.5 Å². The number of carbonyl (C=O) groups excluding carboxylic acids is 1. The minimum atomic E-state index is 0.130. The van der Waals surface area contributed by atoms with Gasteiger partial charge in [0.25, 0.3) is 0 Å². The van der Waals surface area contributed by atoms with E-state index in [-0.39, 0.29) is 11.7 Å². The molecule has 1 heteroatoms. The van der Waals surface area contributed by atoms with Crippen LogP contribution >= 0.6 is 0 Å². The molecule has 0 aliphatic carbocycles. The third-order valence-electron chi connectivity index (χ3n) is 3.63. The Morgan fingerprint density at radius 2 is 1.47 bits per heavy atom. The third-order valence-corrected chi connectivity index (χ3v) is 3.63. The molecule has 1 nitrogen and oxygen atoms in total. The van der Waals surface area contributed by atoms with Gasteiger partial charge in [-0.05, 0) is 24.0 Å². The number of hydrogen-bond acceptors (Lipinski definition) is 1. The van der Waals surface area contributed by atoms with Gasteiger partial charge in [0.15, 0.2) is 5.78 Å². The second kappa shape index (κ2) is 6.33. The topological polar surface area (TPSA) is 17.1 Å². The van der Waals surface area contributed by atoms with Crippen LogP contribution in [0.15, 0.2) is 54.6 Å². The van der Waals surface area contributed by atoms with Gasteiger partial charge in [0, 0.05) is 11.5 Å². The molecule has 0 spiro atoms. The number of hydrogen-bond donors (Lipinski definition) is 0. The fraction of sp³-hybridized carbons (Fsp3) is 0.278. The van der Waals surface area contributed by atoms with E-state index in [1.54, 1.807) is 0 Å². The van der Waals surface area contributed by atoms with Gasteiger partial charge in [0.2, 0.25) is 0 Å². The van der Waals surface area contributed by atoms with E-state index in [1.165, 1.54) is 0 Å². The highest BCUT2D eigenvalue weighted by Gasteiger charge is 2.19. The summed E-state index contributed by atoms with van der Waals surface area (Å²) in [6, 6.07) is 18.0. The SMILES string of the molecule is CCC(CC)C(=O)c1ccccc1-c1ccccc1. The molecule has 0 saturated carbocycles. The molecule has 0 amide bonds. The second-order valence-corrected chi connectivity index (χ2v) is 4.79. The summed E-state index contributed by atoms with van der Waals surface area (Å²) in [5, 5.41) is 0. The van der Waals surface area contributed by atoms with Gasteiger partial charge in [-0.2, -0.15) is 0 Å². The van der Waals surface area contributed by atoms with E-state index in [0.717, 1.165) is 29.5 Å². The molecule has 0 N–H and O–H groups in total. The fourth-order valence-electron chi connectivity index (χ4n) is 2.45. The van der Waals surface area contributed by atoms with Crippen LogP contribution in [0.4, 0.5) is 0 Å². The van der Waals surface area contributed by atoms with Gasteiger partial charge in [-0.25, -0.2) is 0 Å². The molecular weight excluding hydrogens is 232 g/mol. The predicted molar refractivity (Wildman–Crippen MR) is 80.3 cm³/mol. The molecular formula is C18H20O. The first-order valence-corrected chi connectivity index (χ1v) is 6.96. The van der Waals surface area contributed by atoms with Crippen LogP contribution in [0.5, 0.6) is 0 Å². The van der Waals surface area contributed by atoms with Gasteiger partial charge in [-0.3, -0.25) is 4.79 Å². The number of rotatable bonds is 5. The molecule has 0 atom stereocenters. The van der Waals surface area contributed by atoms with E-state index in [4.69, 9.17) is 0 Å². The molecule has 0 heterocycles. The molecule has 0 unspecified atom stereocenters. The van der Waals surface area contributed by atoms with Gasteiger partial charge in [-0.1, -0.05) is 68.4 Å². The van der Waals surface area contributed by atoms with Crippen LogP contribution in [0.2, 0.25) is 0 Å². The van der Waals surface area contributed by atoms with E-state index in [0.29, 0.717) is 0 Å². The van der Waals surface area contributed by atoms with E-state index in [9.17, 15) is 4.79 Å². The minimum Gasteiger partial charge on any atom is -0.294 e. The normalized spacial score (nSPS) is 10.7. The maximum Gasteiger partial charge on any atom is 0.166 e. The number of carbonyl (C=O) groups is 1. The van der Waals surface area contributed by atoms with Crippen molar-refractivity contribution in [1.29, 1.82) is 0 Å². The lowest BCUT2D eigenvalue weighted by atomic mass is 9.88. The molecule has 2 aromatic carbocycles. The summed E-state index contributed by atoms with van der Waals surface area (Å²) in [5.74, 6) is 0.398. The molecule has 0 radical (unpaired) electrons. The number of ketones is 1. The monoisotopic (exact) mass is 252 g/mol. The van der Waals surface area contributed by atoms with Crippen LogP contribution in [-0.4, -0.2) is 5.78 Å². The van der Waals surface area contributed by atoms with Crippen molar-refractivity contribution in [2.24, 2.45) is 5.92 Å². The first-order chi connectivity index (χ1) is 9.27. The zero-order chi connectivity index (χ0) is 13.7. The van der Waals surface area contributed by atoms with Crippen LogP contribution in [0.3, 0.4) is 0 Å². The third kappa shape index (κ3) is 2.93. The molecule has 19 heavy (non-hydrogen) atoms. The standard InChI is InChI=1S/C18H20O/c1-3-14(4-2)18(19)17-13-9-8-12-16(17)15-10-6-5-7-11-15/h5-14H,3-4H2,1-2H3. The first kappa shape index (κ1) is 13.5. The summed E-state index contributed by atoms with van der Waals surface area (Å²) in [7, 11) is 0. The minimum absolute atomic E-state index is 0.130. The Bertz CT molecular complexity index is 539. The molecule has 2 rings (SSSR count). The largest absolute Gasteiger partial charge is 0.294 e. The second-order valence-electron chi connectivity index (χ2n) is 4.79. The van der Waals surface area contributed by atoms with Crippen molar-refractivity contribution < 1.29 is 4.79 Å². The number of Topliss-reactive ketones (excluding diaryl/α,β-unsaturated/α-hetero) is 1. The highest BCUT2D eigenvalue weighted by molar-refractivity contribution is 6.03. The van der Waals surface area contributed by atoms with Crippen molar-refractivity contribution in [3.63, 3.8) is 0 Å². The summed E-state index contributed by atoms with van der Waals surface area (Å²) in [4.78, 5) is 12.6. The van der Waals surface area contributed by atoms with Crippen molar-refractivity contribution in [2.45, 2.75) is 26.7 Å². The van der Waals surface area contributed by atoms with Gasteiger partial charge in [-0.15, -0.1) is 0 Å². The number of benzene rings is 2. The smallest absolute Gasteiger partial charge is 0.166 e. The maximum absolute atomic E-state index is 12.6. The summed E-state index contributed by atoms with van der Waals surface area (Å²) < 4.78 is 0. The molecule has 0 aromatic heterocycles. The van der Waals surface area contributed by atoms with Crippen LogP contribution in [0.1, 0.15) is 37.0 Å². The summed E-state index contributed by atoms with van der Waals surface area (Å²) in [6.07, 6.45) is 1.80. The van der Waals surface area contributed by atoms with E-state index in [2.05, 4.69) is 26.0 Å². The Labute approximate surface area is 115 Å². The molecule has 0 aliphatic rings. The highest BCUT2D eigenvalue weighted by Crippen LogP contribution is 2.27. The van der Waals surface area contributed by atoms with Crippen molar-refractivity contribution in [2.75, 3.05) is 0 Å². The maximum atomic E-state index is 12.6. The van der Waals surface area contributed by atoms with Crippen LogP contribution in [0, 0.1) is 5.92 Å². The molecule has 0 fully saturated rings. The molecule has 0 saturated heterocycles. The van der Waals surface area contributed by atoms with Gasteiger partial charge in [0.05, 0.1) is 0 Å². The lowest BCUT2D eigenvalue weighted by Crippen LogP contribution is -2.14. The lowest BCUT2D eigenvalue weighted by Gasteiger charge is -2.14. The van der Waals surface area contributed by atoms with Crippen LogP contribution in [0.25, 0.3) is 11.1 Å². The van der Waals surface area contributed by atoms with Gasteiger partial charge in [0.1, 0.15) is 0 Å². The lowest BCUT2D eigenvalue weighted by molar-refractivity contribution is 0.0914. The fourth-order valence-corrected chi connectivity index (χ4v) is 2.45. The van der Waals surface area contributed by atoms with Gasteiger partial charge >= 0.3 is 0 Å². The predicted octanol–water partition coefficient (Wildman–Crippen LogP) is 4.97. The van der Waals surface area contributed by atoms with E-state index < -0.39 is 0 Å². The quantitative estimate of drug-likeness (QED) is 0.686. The van der Waals surface area contributed by atoms with E-state index >= 15 is 0 Å². The average Bonchev–Trinajstić information content (AvgIpc) is 2.49. The Kier molecular flexibility index (Phi) is 4.51. The zero-order valence-electron chi connectivity index (χ0n) is 11.6. The summed E-state index contributed by atoms with van der Waals surface area (Å²) in [5.41, 5.74) is 3.00. The van der Waals surface area contributed by atoms with Crippen molar-refractivity contribution in [3.05, 3.63) is 60.2 Å². The average molecular weight is 252 g/mol. The van der Waals surface area contributed by atoms with Crippen molar-refractivity contribution >= 4 is 5.78 Å². The Balaban J connectivity index is 2.45. The van der Waals surface area contributed by atoms with Crippen LogP contribution in [-0.2, 0) is 0 Å². The molecule has 2 aromatic rings. The first-order valence-electron chi connectivity index (χ1n) is 6.96. The molecule has 0 bridgehead atoms. The molecule has 0 aliphatic heterocycles. The van der Waals surface area contributed by atoms with Crippen molar-refractivity contribution in [1.82, 2.24) is 0 Å². The Hall–Kier alpha value is -1.89. The van der Waals surface area contributed by atoms with Crippen LogP contribution < -0.4 is 0 Å². The molecule has 98 valence electrons. The Morgan fingerprint density at radius 3 is 2.11 bits per heavy atom. The van der Waals surface area contributed by atoms with Gasteiger partial charge < -0.3 is 0 Å². The summed E-state index contributed by atoms with van der Waals surface area (Å²) in [6.45, 7) is 4.16.